The lowest BCUT2D eigenvalue weighted by Crippen LogP contribution is -2.43. The van der Waals surface area contributed by atoms with Crippen LogP contribution in [0, 0.1) is 0 Å². The minimum absolute atomic E-state index is 0.105. The molecule has 0 aliphatic carbocycles. The second-order valence-corrected chi connectivity index (χ2v) is 9.02. The van der Waals surface area contributed by atoms with Gasteiger partial charge in [0.15, 0.2) is 5.96 Å². The van der Waals surface area contributed by atoms with Crippen molar-refractivity contribution in [3.05, 3.63) is 22.4 Å². The monoisotopic (exact) mass is 358 g/mol. The highest BCUT2D eigenvalue weighted by atomic mass is 32.2. The topological polar surface area (TPSA) is 73.8 Å². The van der Waals surface area contributed by atoms with Gasteiger partial charge in [-0.15, -0.1) is 11.3 Å². The van der Waals surface area contributed by atoms with Gasteiger partial charge in [0.25, 0.3) is 0 Å². The van der Waals surface area contributed by atoms with Gasteiger partial charge in [0.05, 0.1) is 11.8 Å². The standard InChI is InChI=1S/C15H26N4O2S2/c1-16-15(17-7-11-23(2,20)21)18-12-13(14-6-5-10-22-14)19-8-3-4-9-19/h5-6,10,13H,3-4,7-9,11-12H2,1-2H3,(H2,16,17,18). The highest BCUT2D eigenvalue weighted by Gasteiger charge is 2.24. The largest absolute Gasteiger partial charge is 0.355 e. The molecular weight excluding hydrogens is 332 g/mol. The van der Waals surface area contributed by atoms with Crippen molar-refractivity contribution >= 4 is 27.1 Å². The zero-order valence-corrected chi connectivity index (χ0v) is 15.4. The van der Waals surface area contributed by atoms with Crippen molar-refractivity contribution in [2.75, 3.05) is 45.2 Å². The van der Waals surface area contributed by atoms with Crippen LogP contribution in [0.1, 0.15) is 23.8 Å². The van der Waals surface area contributed by atoms with Gasteiger partial charge >= 0.3 is 0 Å². The minimum atomic E-state index is -2.96. The number of hydrogen-bond acceptors (Lipinski definition) is 5. The van der Waals surface area contributed by atoms with Crippen LogP contribution in [-0.2, 0) is 9.84 Å². The van der Waals surface area contributed by atoms with E-state index in [0.29, 0.717) is 18.5 Å². The van der Waals surface area contributed by atoms with Crippen molar-refractivity contribution in [2.45, 2.75) is 18.9 Å². The number of likely N-dealkylation sites (tertiary alicyclic amines) is 1. The Bertz CT molecular complexity index is 593. The van der Waals surface area contributed by atoms with E-state index in [2.05, 4.69) is 38.0 Å². The lowest BCUT2D eigenvalue weighted by Gasteiger charge is -2.27. The Morgan fingerprint density at radius 2 is 2.13 bits per heavy atom. The average Bonchev–Trinajstić information content (AvgIpc) is 3.18. The van der Waals surface area contributed by atoms with Crippen molar-refractivity contribution in [1.29, 1.82) is 0 Å². The van der Waals surface area contributed by atoms with E-state index in [1.807, 2.05) is 0 Å². The molecule has 2 heterocycles. The quantitative estimate of drug-likeness (QED) is 0.564. The molecule has 1 aromatic rings. The average molecular weight is 359 g/mol. The molecule has 1 saturated heterocycles. The summed E-state index contributed by atoms with van der Waals surface area (Å²) in [4.78, 5) is 8.03. The van der Waals surface area contributed by atoms with Crippen LogP contribution in [0.5, 0.6) is 0 Å². The Kier molecular flexibility index (Phi) is 6.86. The molecule has 1 aliphatic rings. The summed E-state index contributed by atoms with van der Waals surface area (Å²) in [6, 6.07) is 4.60. The van der Waals surface area contributed by atoms with E-state index in [4.69, 9.17) is 0 Å². The Morgan fingerprint density at radius 3 is 2.70 bits per heavy atom. The van der Waals surface area contributed by atoms with Gasteiger partial charge in [-0.1, -0.05) is 6.07 Å². The summed E-state index contributed by atoms with van der Waals surface area (Å²) in [5.41, 5.74) is 0. The molecule has 0 spiro atoms. The molecule has 1 atom stereocenters. The van der Waals surface area contributed by atoms with Gasteiger partial charge in [0.2, 0.25) is 0 Å². The smallest absolute Gasteiger partial charge is 0.191 e. The first-order chi connectivity index (χ1) is 11.0. The van der Waals surface area contributed by atoms with Crippen molar-refractivity contribution in [3.63, 3.8) is 0 Å². The maximum Gasteiger partial charge on any atom is 0.191 e. The highest BCUT2D eigenvalue weighted by Crippen LogP contribution is 2.27. The van der Waals surface area contributed by atoms with Crippen LogP contribution in [0.15, 0.2) is 22.5 Å². The maximum atomic E-state index is 11.2. The van der Waals surface area contributed by atoms with Gasteiger partial charge < -0.3 is 10.6 Å². The van der Waals surface area contributed by atoms with E-state index in [0.717, 1.165) is 19.6 Å². The molecule has 0 amide bonds. The molecule has 1 aliphatic heterocycles. The van der Waals surface area contributed by atoms with E-state index >= 15 is 0 Å². The summed E-state index contributed by atoms with van der Waals surface area (Å²) in [5, 5.41) is 8.50. The van der Waals surface area contributed by atoms with Gasteiger partial charge in [-0.25, -0.2) is 8.42 Å². The van der Waals surface area contributed by atoms with Gasteiger partial charge in [-0.3, -0.25) is 9.89 Å². The Morgan fingerprint density at radius 1 is 1.39 bits per heavy atom. The first-order valence-electron chi connectivity index (χ1n) is 7.89. The molecule has 2 N–H and O–H groups in total. The van der Waals surface area contributed by atoms with Crippen molar-refractivity contribution in [2.24, 2.45) is 4.99 Å². The predicted octanol–water partition coefficient (Wildman–Crippen LogP) is 1.09. The second-order valence-electron chi connectivity index (χ2n) is 5.78. The molecule has 6 nitrogen and oxygen atoms in total. The lowest BCUT2D eigenvalue weighted by molar-refractivity contribution is 0.249. The summed E-state index contributed by atoms with van der Waals surface area (Å²) in [5.74, 6) is 0.753. The van der Waals surface area contributed by atoms with Crippen LogP contribution >= 0.6 is 11.3 Å². The van der Waals surface area contributed by atoms with Crippen LogP contribution in [0.25, 0.3) is 0 Å². The number of rotatable bonds is 7. The molecule has 0 aromatic carbocycles. The van der Waals surface area contributed by atoms with E-state index in [1.165, 1.54) is 24.0 Å². The van der Waals surface area contributed by atoms with Gasteiger partial charge in [0, 0.05) is 31.3 Å². The van der Waals surface area contributed by atoms with Gasteiger partial charge in [-0.05, 0) is 37.4 Å². The van der Waals surface area contributed by atoms with Gasteiger partial charge in [-0.2, -0.15) is 0 Å². The Labute approximate surface area is 142 Å². The summed E-state index contributed by atoms with van der Waals surface area (Å²) in [6.07, 6.45) is 3.75. The first kappa shape index (κ1) is 18.2. The summed E-state index contributed by atoms with van der Waals surface area (Å²) in [7, 11) is -1.26. The Balaban J connectivity index is 1.89. The van der Waals surface area contributed by atoms with E-state index in [1.54, 1.807) is 18.4 Å². The molecule has 8 heteroatoms. The summed E-state index contributed by atoms with van der Waals surface area (Å²) >= 11 is 1.78. The number of thiophene rings is 1. The zero-order valence-electron chi connectivity index (χ0n) is 13.8. The number of nitrogens with zero attached hydrogens (tertiary/aromatic N) is 2. The molecule has 1 fully saturated rings. The maximum absolute atomic E-state index is 11.2. The number of hydrogen-bond donors (Lipinski definition) is 2. The fourth-order valence-electron chi connectivity index (χ4n) is 2.71. The van der Waals surface area contributed by atoms with Crippen molar-refractivity contribution in [1.82, 2.24) is 15.5 Å². The van der Waals surface area contributed by atoms with E-state index in [-0.39, 0.29) is 5.75 Å². The normalized spacial score (nSPS) is 18.1. The lowest BCUT2D eigenvalue weighted by atomic mass is 10.2. The fourth-order valence-corrected chi connectivity index (χ4v) is 4.05. The zero-order chi connectivity index (χ0) is 16.7. The number of nitrogens with one attached hydrogen (secondary N) is 2. The van der Waals surface area contributed by atoms with Crippen LogP contribution in [0.3, 0.4) is 0 Å². The SMILES string of the molecule is CN=C(NCCS(C)(=O)=O)NCC(c1cccs1)N1CCCC1. The number of sulfone groups is 1. The highest BCUT2D eigenvalue weighted by molar-refractivity contribution is 7.90. The Hall–Kier alpha value is -1.12. The van der Waals surface area contributed by atoms with Crippen LogP contribution < -0.4 is 10.6 Å². The minimum Gasteiger partial charge on any atom is -0.355 e. The number of guanidine groups is 1. The van der Waals surface area contributed by atoms with E-state index in [9.17, 15) is 8.42 Å². The molecule has 1 unspecified atom stereocenters. The molecule has 1 aromatic heterocycles. The second kappa shape index (κ2) is 8.65. The molecular formula is C15H26N4O2S2. The third-order valence-corrected chi connectivity index (χ3v) is 5.82. The third-order valence-electron chi connectivity index (χ3n) is 3.90. The third kappa shape index (κ3) is 6.12. The van der Waals surface area contributed by atoms with Crippen molar-refractivity contribution < 1.29 is 8.42 Å². The number of aliphatic imine (C=N–C) groups is 1. The molecule has 130 valence electrons. The molecule has 0 bridgehead atoms. The van der Waals surface area contributed by atoms with Gasteiger partial charge in [0.1, 0.15) is 9.84 Å². The fraction of sp³-hybridized carbons (Fsp3) is 0.667. The van der Waals surface area contributed by atoms with Crippen LogP contribution in [0.2, 0.25) is 0 Å². The molecule has 0 radical (unpaired) electrons. The first-order valence-corrected chi connectivity index (χ1v) is 10.8. The van der Waals surface area contributed by atoms with Crippen LogP contribution in [0.4, 0.5) is 0 Å². The van der Waals surface area contributed by atoms with Crippen molar-refractivity contribution in [3.8, 4) is 0 Å². The summed E-state index contributed by atoms with van der Waals surface area (Å²) < 4.78 is 22.4. The summed E-state index contributed by atoms with van der Waals surface area (Å²) in [6.45, 7) is 3.39. The molecule has 0 saturated carbocycles. The molecule has 23 heavy (non-hydrogen) atoms. The molecule has 2 rings (SSSR count). The van der Waals surface area contributed by atoms with Crippen LogP contribution in [-0.4, -0.2) is 64.5 Å². The van der Waals surface area contributed by atoms with E-state index < -0.39 is 9.84 Å². The predicted molar refractivity (Wildman–Crippen MR) is 96.9 cm³/mol.